The molecular weight excluding hydrogens is 453 g/mol. The van der Waals surface area contributed by atoms with Crippen LogP contribution < -0.4 is 10.5 Å². The van der Waals surface area contributed by atoms with Crippen LogP contribution in [-0.4, -0.2) is 49.0 Å². The summed E-state index contributed by atoms with van der Waals surface area (Å²) < 4.78 is 23.2. The average molecular weight is 482 g/mol. The number of nitrogens with zero attached hydrogens (tertiary/aromatic N) is 3. The molecule has 1 N–H and O–H groups in total. The van der Waals surface area contributed by atoms with Gasteiger partial charge in [-0.15, -0.1) is 0 Å². The molecule has 1 amide bonds. The van der Waals surface area contributed by atoms with E-state index in [1.54, 1.807) is 56.7 Å². The molecule has 2 aromatic carbocycles. The molecule has 2 aliphatic heterocycles. The molecule has 1 fully saturated rings. The van der Waals surface area contributed by atoms with Crippen LogP contribution in [0.15, 0.2) is 53.5 Å². The molecule has 0 aliphatic carbocycles. The van der Waals surface area contributed by atoms with Crippen LogP contribution in [-0.2, 0) is 15.1 Å². The SMILES string of the molecule is C[C@@H]1[C@@H]([Si](C)(C)F)[C@H](CCO)O[C@@]12C(=O)N(C)c1ccc(-n3ncc4ccccc4c3=O)cc12. The van der Waals surface area contributed by atoms with E-state index in [1.165, 1.54) is 9.58 Å². The average Bonchev–Trinajstić information content (AvgIpc) is 3.21. The molecule has 34 heavy (non-hydrogen) atoms. The Labute approximate surface area is 198 Å². The van der Waals surface area contributed by atoms with Crippen molar-refractivity contribution < 1.29 is 18.7 Å². The molecule has 0 saturated carbocycles. The maximum absolute atomic E-state index is 15.5. The molecular formula is C25H28FN3O4Si. The molecule has 0 bridgehead atoms. The fraction of sp³-hybridized carbons (Fsp3) is 0.400. The van der Waals surface area contributed by atoms with E-state index in [0.717, 1.165) is 5.39 Å². The quantitative estimate of drug-likeness (QED) is 0.455. The van der Waals surface area contributed by atoms with Crippen LogP contribution in [0.4, 0.5) is 9.80 Å². The number of amides is 1. The first kappa shape index (κ1) is 22.9. The van der Waals surface area contributed by atoms with E-state index in [9.17, 15) is 14.7 Å². The maximum Gasteiger partial charge on any atom is 0.279 e. The standard InChI is InChI=1S/C25H28FN3O4Si/c1-15-22(34(3,4)26)21(11-12-30)33-25(15)19-13-17(9-10-20(19)28(2)24(25)32)29-23(31)18-8-6-5-7-16(18)14-27-29/h5-10,13-15,21-22,30H,11-12H2,1-4H3/t15-,21+,22-,25+/m1/s1. The molecule has 0 unspecified atom stereocenters. The van der Waals surface area contributed by atoms with Gasteiger partial charge in [0.15, 0.2) is 5.60 Å². The van der Waals surface area contributed by atoms with Crippen molar-refractivity contribution in [3.63, 3.8) is 0 Å². The summed E-state index contributed by atoms with van der Waals surface area (Å²) >= 11 is 0. The van der Waals surface area contributed by atoms with Crippen molar-refractivity contribution in [2.45, 2.75) is 43.7 Å². The van der Waals surface area contributed by atoms with Crippen LogP contribution in [0.3, 0.4) is 0 Å². The topological polar surface area (TPSA) is 84.7 Å². The Morgan fingerprint density at radius 2 is 1.94 bits per heavy atom. The number of fused-ring (bicyclic) bond motifs is 3. The predicted octanol–water partition coefficient (Wildman–Crippen LogP) is 3.52. The van der Waals surface area contributed by atoms with Crippen molar-refractivity contribution in [1.82, 2.24) is 9.78 Å². The summed E-state index contributed by atoms with van der Waals surface area (Å²) in [6.45, 7) is 4.96. The number of anilines is 1. The third kappa shape index (κ3) is 3.10. The Morgan fingerprint density at radius 1 is 1.21 bits per heavy atom. The number of aromatic nitrogens is 2. The number of ether oxygens (including phenoxy) is 1. The van der Waals surface area contributed by atoms with Crippen molar-refractivity contribution in [2.24, 2.45) is 5.92 Å². The Kier molecular flexibility index (Phi) is 5.27. The molecule has 178 valence electrons. The van der Waals surface area contributed by atoms with E-state index in [4.69, 9.17) is 4.74 Å². The van der Waals surface area contributed by atoms with Gasteiger partial charge in [0.2, 0.25) is 8.41 Å². The second-order valence-electron chi connectivity index (χ2n) is 9.80. The lowest BCUT2D eigenvalue weighted by atomic mass is 9.82. The van der Waals surface area contributed by atoms with E-state index in [-0.39, 0.29) is 24.5 Å². The van der Waals surface area contributed by atoms with Gasteiger partial charge >= 0.3 is 0 Å². The van der Waals surface area contributed by atoms with Gasteiger partial charge in [-0.25, -0.2) is 0 Å². The number of carbonyl (C=O) groups is 1. The molecule has 3 heterocycles. The Bertz CT molecular complexity index is 1350. The molecule has 3 aromatic rings. The highest BCUT2D eigenvalue weighted by Gasteiger charge is 2.66. The van der Waals surface area contributed by atoms with Crippen molar-refractivity contribution >= 4 is 30.8 Å². The zero-order valence-corrected chi connectivity index (χ0v) is 20.7. The number of hydrogen-bond donors (Lipinski definition) is 1. The molecule has 7 nitrogen and oxygen atoms in total. The fourth-order valence-corrected chi connectivity index (χ4v) is 8.49. The van der Waals surface area contributed by atoms with Crippen molar-refractivity contribution in [2.75, 3.05) is 18.6 Å². The van der Waals surface area contributed by atoms with E-state index < -0.39 is 31.6 Å². The monoisotopic (exact) mass is 481 g/mol. The first-order chi connectivity index (χ1) is 16.1. The second kappa shape index (κ2) is 7.83. The van der Waals surface area contributed by atoms with Crippen LogP contribution in [0.1, 0.15) is 18.9 Å². The lowest BCUT2D eigenvalue weighted by Crippen LogP contribution is -2.44. The fourth-order valence-electron chi connectivity index (χ4n) is 5.94. The van der Waals surface area contributed by atoms with Gasteiger partial charge in [-0.3, -0.25) is 9.59 Å². The number of likely N-dealkylation sites (N-methyl/N-ethyl adjacent to an activating group) is 1. The molecule has 5 rings (SSSR count). The summed E-state index contributed by atoms with van der Waals surface area (Å²) in [4.78, 5) is 28.4. The predicted molar refractivity (Wildman–Crippen MR) is 131 cm³/mol. The molecule has 9 heteroatoms. The van der Waals surface area contributed by atoms with Crippen LogP contribution in [0, 0.1) is 5.92 Å². The van der Waals surface area contributed by atoms with Crippen LogP contribution in [0.5, 0.6) is 0 Å². The molecule has 1 saturated heterocycles. The van der Waals surface area contributed by atoms with Gasteiger partial charge < -0.3 is 18.9 Å². The van der Waals surface area contributed by atoms with Gasteiger partial charge in [-0.2, -0.15) is 9.78 Å². The van der Waals surface area contributed by atoms with Gasteiger partial charge in [-0.05, 0) is 43.8 Å². The smallest absolute Gasteiger partial charge is 0.279 e. The zero-order valence-electron chi connectivity index (χ0n) is 19.7. The number of aliphatic hydroxyl groups excluding tert-OH is 1. The van der Waals surface area contributed by atoms with E-state index >= 15 is 4.11 Å². The first-order valence-corrected chi connectivity index (χ1v) is 14.4. The van der Waals surface area contributed by atoms with Crippen LogP contribution >= 0.6 is 0 Å². The number of benzene rings is 2. The van der Waals surface area contributed by atoms with Crippen LogP contribution in [0.25, 0.3) is 16.5 Å². The number of halogens is 1. The zero-order chi connectivity index (χ0) is 24.4. The maximum atomic E-state index is 15.5. The first-order valence-electron chi connectivity index (χ1n) is 11.5. The number of carbonyl (C=O) groups excluding carboxylic acids is 1. The summed E-state index contributed by atoms with van der Waals surface area (Å²) in [5.41, 5.74) is -0.327. The minimum Gasteiger partial charge on any atom is -0.396 e. The molecule has 0 radical (unpaired) electrons. The summed E-state index contributed by atoms with van der Waals surface area (Å²) in [6.07, 6.45) is 1.32. The molecule has 2 aliphatic rings. The van der Waals surface area contributed by atoms with Crippen molar-refractivity contribution in [3.05, 3.63) is 64.6 Å². The summed E-state index contributed by atoms with van der Waals surface area (Å²) in [5.74, 6) is -0.696. The third-order valence-electron chi connectivity index (χ3n) is 7.43. The number of aliphatic hydroxyl groups is 1. The molecule has 1 aromatic heterocycles. The molecule has 1 spiro atoms. The summed E-state index contributed by atoms with van der Waals surface area (Å²) in [6, 6.07) is 12.5. The van der Waals surface area contributed by atoms with Gasteiger partial charge in [0.25, 0.3) is 11.5 Å². The van der Waals surface area contributed by atoms with Gasteiger partial charge in [-0.1, -0.05) is 25.1 Å². The van der Waals surface area contributed by atoms with Gasteiger partial charge in [0, 0.05) is 36.1 Å². The van der Waals surface area contributed by atoms with Crippen LogP contribution in [0.2, 0.25) is 18.6 Å². The lowest BCUT2D eigenvalue weighted by molar-refractivity contribution is -0.146. The van der Waals surface area contributed by atoms with Gasteiger partial charge in [0.1, 0.15) is 0 Å². The largest absolute Gasteiger partial charge is 0.396 e. The van der Waals surface area contributed by atoms with Crippen molar-refractivity contribution in [1.29, 1.82) is 0 Å². The minimum absolute atomic E-state index is 0.151. The highest BCUT2D eigenvalue weighted by Crippen LogP contribution is 2.59. The van der Waals surface area contributed by atoms with Gasteiger partial charge in [0.05, 0.1) is 29.1 Å². The van der Waals surface area contributed by atoms with E-state index in [0.29, 0.717) is 22.3 Å². The Hall–Kier alpha value is -2.88. The highest BCUT2D eigenvalue weighted by molar-refractivity contribution is 6.72. The minimum atomic E-state index is -3.25. The molecule has 4 atom stereocenters. The Morgan fingerprint density at radius 3 is 2.65 bits per heavy atom. The summed E-state index contributed by atoms with van der Waals surface area (Å²) in [7, 11) is -1.57. The second-order valence-corrected chi connectivity index (χ2v) is 13.6. The lowest BCUT2D eigenvalue weighted by Gasteiger charge is -2.31. The normalized spacial score (nSPS) is 26.6. The Balaban J connectivity index is 1.69. The van der Waals surface area contributed by atoms with E-state index in [1.807, 2.05) is 19.1 Å². The number of rotatable bonds is 4. The highest BCUT2D eigenvalue weighted by atomic mass is 28.4. The summed E-state index contributed by atoms with van der Waals surface area (Å²) in [5, 5.41) is 15.3. The third-order valence-corrected chi connectivity index (χ3v) is 9.89. The van der Waals surface area contributed by atoms with E-state index in [2.05, 4.69) is 5.10 Å². The number of hydrogen-bond acceptors (Lipinski definition) is 5. The van der Waals surface area contributed by atoms with Crippen molar-refractivity contribution in [3.8, 4) is 5.69 Å².